The van der Waals surface area contributed by atoms with Gasteiger partial charge in [0.05, 0.1) is 22.3 Å². The molecule has 0 radical (unpaired) electrons. The van der Waals surface area contributed by atoms with E-state index in [4.69, 9.17) is 19.0 Å². The molecule has 6 aromatic carbocycles. The van der Waals surface area contributed by atoms with E-state index in [0.717, 1.165) is 71.2 Å². The second-order valence-corrected chi connectivity index (χ2v) is 18.9. The Morgan fingerprint density at radius 2 is 0.844 bits per heavy atom. The largest absolute Gasteiger partial charge is 0.508 e. The van der Waals surface area contributed by atoms with Gasteiger partial charge in [0.25, 0.3) is 0 Å². The number of benzene rings is 8. The lowest BCUT2D eigenvalue weighted by Gasteiger charge is -2.17. The van der Waals surface area contributed by atoms with E-state index in [0.29, 0.717) is 20.1 Å². The number of aromatic carboxylic acids is 2. The molecule has 15 nitrogen and oxygen atoms in total. The third-order valence-electron chi connectivity index (χ3n) is 11.2. The van der Waals surface area contributed by atoms with E-state index in [9.17, 15) is 71.1 Å². The van der Waals surface area contributed by atoms with Gasteiger partial charge in [-0.2, -0.15) is 0 Å². The van der Waals surface area contributed by atoms with Crippen LogP contribution in [0.15, 0.2) is 153 Å². The van der Waals surface area contributed by atoms with Gasteiger partial charge in [0.1, 0.15) is 28.4 Å². The van der Waals surface area contributed by atoms with Crippen molar-refractivity contribution in [2.75, 3.05) is 0 Å². The van der Waals surface area contributed by atoms with Crippen LogP contribution in [0.3, 0.4) is 0 Å². The monoisotopic (exact) mass is 1250 g/mol. The van der Waals surface area contributed by atoms with Crippen LogP contribution in [0.5, 0.6) is 23.0 Å². The number of ether oxygens (including phenoxy) is 1. The Labute approximate surface area is 451 Å². The van der Waals surface area contributed by atoms with Crippen molar-refractivity contribution in [3.05, 3.63) is 207 Å². The molecular weight excluding hydrogens is 1220 g/mol. The summed E-state index contributed by atoms with van der Waals surface area (Å²) < 4.78 is 85.6. The van der Waals surface area contributed by atoms with E-state index in [1.165, 1.54) is 30.3 Å². The maximum Gasteiger partial charge on any atom is 0.346 e. The molecular formula is C54H26Br3F5O15. The summed E-state index contributed by atoms with van der Waals surface area (Å²) in [6, 6.07) is 24.4. The van der Waals surface area contributed by atoms with Crippen LogP contribution in [0, 0.1) is 29.1 Å². The van der Waals surface area contributed by atoms with Crippen LogP contribution in [-0.4, -0.2) is 54.5 Å². The summed E-state index contributed by atoms with van der Waals surface area (Å²) in [4.78, 5) is 68.9. The van der Waals surface area contributed by atoms with Gasteiger partial charge in [0.2, 0.25) is 10.9 Å². The van der Waals surface area contributed by atoms with Crippen LogP contribution in [0.1, 0.15) is 41.4 Å². The van der Waals surface area contributed by atoms with Crippen LogP contribution >= 0.6 is 47.8 Å². The molecule has 2 aliphatic carbocycles. The minimum absolute atomic E-state index is 0.00345. The minimum atomic E-state index is -1.25. The molecule has 11 rings (SSSR count). The lowest BCUT2D eigenvalue weighted by molar-refractivity contribution is 0.0442. The van der Waals surface area contributed by atoms with Gasteiger partial charge in [-0.05, 0) is 96.1 Å². The van der Waals surface area contributed by atoms with E-state index in [1.807, 2.05) is 0 Å². The standard InChI is InChI=1S/2C20H9BrF2O5.C8H3BrO3.C6H5FO2/c21-8-1-2-9(20(26)27)10(3-8)19-11-4-13(22)15(24)6-17(11)28-18-7-16(25)14(23)5-12(18)19;21-8-1-2-9(10(3-8)20(26)27)19-11-4-13(22)15(24)6-17(11)28-18-7-16(25)14(23)5-12(18)19;9-4-1-2-5-6(3-4)8(11)12-7(5)10;7-5-2-1-4(8)3-6(5)9/h2*1-7,24H,(H,26,27);1-3H;1-3,8-9H. The third-order valence-corrected chi connectivity index (χ3v) is 12.7. The molecule has 3 heterocycles. The molecule has 6 N–H and O–H groups in total. The number of fused-ring (bicyclic) bond motifs is 5. The Morgan fingerprint density at radius 3 is 1.34 bits per heavy atom. The first-order valence-corrected chi connectivity index (χ1v) is 23.8. The number of carbonyl (C=O) groups excluding carboxylic acids is 2. The van der Waals surface area contributed by atoms with Gasteiger partial charge in [0, 0.05) is 76.8 Å². The van der Waals surface area contributed by atoms with Gasteiger partial charge in [-0.25, -0.2) is 41.1 Å². The molecule has 0 aromatic heterocycles. The first kappa shape index (κ1) is 54.3. The number of carboxylic acids is 2. The Bertz CT molecular complexity index is 4180. The molecule has 77 heavy (non-hydrogen) atoms. The SMILES string of the molecule is O=C(O)c1cc(Br)ccc1-c1c2cc(F)c(=O)cc-2oc2cc(O)c(F)cc12.O=C(O)c1ccc(Br)cc1-c1c2cc(F)c(=O)cc-2oc2cc(O)c(F)cc12.O=C1OC(=O)c2cc(Br)ccc21.Oc1ccc(F)c(O)c1. The Kier molecular flexibility index (Phi) is 15.3. The van der Waals surface area contributed by atoms with Crippen LogP contribution in [0.4, 0.5) is 22.0 Å². The van der Waals surface area contributed by atoms with Crippen molar-refractivity contribution in [3.8, 4) is 67.9 Å². The number of hydrogen-bond donors (Lipinski definition) is 6. The molecule has 6 aromatic rings. The molecule has 5 aliphatic rings. The predicted octanol–water partition coefficient (Wildman–Crippen LogP) is 13.0. The quantitative estimate of drug-likeness (QED) is 0.0414. The number of esters is 2. The van der Waals surface area contributed by atoms with Gasteiger partial charge in [-0.1, -0.05) is 53.9 Å². The number of hydrogen-bond acceptors (Lipinski definition) is 13. The maximum absolute atomic E-state index is 14.1. The Morgan fingerprint density at radius 1 is 0.403 bits per heavy atom. The van der Waals surface area contributed by atoms with E-state index < -0.39 is 81.1 Å². The summed E-state index contributed by atoms with van der Waals surface area (Å²) in [5.41, 5.74) is -0.544. The van der Waals surface area contributed by atoms with Crippen LogP contribution in [0.2, 0.25) is 0 Å². The molecule has 0 atom stereocenters. The highest BCUT2D eigenvalue weighted by atomic mass is 79.9. The first-order chi connectivity index (χ1) is 36.4. The highest BCUT2D eigenvalue weighted by Gasteiger charge is 2.30. The van der Waals surface area contributed by atoms with Gasteiger partial charge in [-0.15, -0.1) is 0 Å². The first-order valence-electron chi connectivity index (χ1n) is 21.4. The number of carbonyl (C=O) groups is 4. The highest BCUT2D eigenvalue weighted by molar-refractivity contribution is 9.11. The number of phenolic OH excluding ortho intramolecular Hbond substituents is 4. The van der Waals surface area contributed by atoms with Crippen LogP contribution < -0.4 is 10.9 Å². The van der Waals surface area contributed by atoms with E-state index in [2.05, 4.69) is 52.5 Å². The van der Waals surface area contributed by atoms with Crippen molar-refractivity contribution in [3.63, 3.8) is 0 Å². The fourth-order valence-corrected chi connectivity index (χ4v) is 8.84. The van der Waals surface area contributed by atoms with E-state index >= 15 is 0 Å². The summed E-state index contributed by atoms with van der Waals surface area (Å²) in [7, 11) is 0. The summed E-state index contributed by atoms with van der Waals surface area (Å²) in [6.45, 7) is 0. The van der Waals surface area contributed by atoms with Crippen molar-refractivity contribution < 1.29 is 85.3 Å². The molecule has 3 aliphatic heterocycles. The number of carboxylic acid groups (broad SMARTS) is 2. The second-order valence-electron chi connectivity index (χ2n) is 16.1. The average molecular weight is 1250 g/mol. The molecule has 0 saturated carbocycles. The van der Waals surface area contributed by atoms with Crippen LogP contribution in [0.25, 0.3) is 66.8 Å². The zero-order valence-electron chi connectivity index (χ0n) is 37.9. The number of aromatic hydroxyl groups is 4. The zero-order valence-corrected chi connectivity index (χ0v) is 42.7. The lowest BCUT2D eigenvalue weighted by atomic mass is 9.90. The van der Waals surface area contributed by atoms with Gasteiger partial charge in [-0.3, -0.25) is 9.59 Å². The molecule has 0 fully saturated rings. The Balaban J connectivity index is 0.000000149. The molecule has 0 unspecified atom stereocenters. The Hall–Kier alpha value is -8.93. The highest BCUT2D eigenvalue weighted by Crippen LogP contribution is 2.45. The molecule has 388 valence electrons. The molecule has 0 saturated heterocycles. The fraction of sp³-hybridized carbons (Fsp3) is 0. The summed E-state index contributed by atoms with van der Waals surface area (Å²) in [6.07, 6.45) is 0. The smallest absolute Gasteiger partial charge is 0.346 e. The number of cyclic esters (lactones) is 2. The predicted molar refractivity (Wildman–Crippen MR) is 275 cm³/mol. The average Bonchev–Trinajstić information content (AvgIpc) is 3.66. The van der Waals surface area contributed by atoms with E-state index in [-0.39, 0.29) is 83.7 Å². The van der Waals surface area contributed by atoms with Crippen LogP contribution in [-0.2, 0) is 4.74 Å². The van der Waals surface area contributed by atoms with Gasteiger partial charge in [0.15, 0.2) is 46.3 Å². The van der Waals surface area contributed by atoms with Gasteiger partial charge < -0.3 is 44.2 Å². The number of rotatable bonds is 4. The zero-order chi connectivity index (χ0) is 55.9. The van der Waals surface area contributed by atoms with E-state index in [1.54, 1.807) is 24.3 Å². The van der Waals surface area contributed by atoms with Crippen molar-refractivity contribution in [1.82, 2.24) is 0 Å². The maximum atomic E-state index is 14.1. The summed E-state index contributed by atoms with van der Waals surface area (Å²) in [5.74, 6) is -10.5. The van der Waals surface area contributed by atoms with Crippen molar-refractivity contribution in [2.24, 2.45) is 0 Å². The number of phenols is 4. The molecule has 0 spiro atoms. The van der Waals surface area contributed by atoms with Crippen molar-refractivity contribution in [2.45, 2.75) is 0 Å². The van der Waals surface area contributed by atoms with Crippen molar-refractivity contribution in [1.29, 1.82) is 0 Å². The van der Waals surface area contributed by atoms with Crippen molar-refractivity contribution >= 4 is 93.6 Å². The second kappa shape index (κ2) is 21.7. The minimum Gasteiger partial charge on any atom is -0.508 e. The third kappa shape index (κ3) is 11.2. The normalized spacial score (nSPS) is 11.5. The molecule has 23 heteroatoms. The number of halogens is 8. The van der Waals surface area contributed by atoms with Gasteiger partial charge >= 0.3 is 23.9 Å². The molecule has 0 bridgehead atoms. The topological polar surface area (TPSA) is 259 Å². The summed E-state index contributed by atoms with van der Waals surface area (Å²) in [5, 5.41) is 55.9. The summed E-state index contributed by atoms with van der Waals surface area (Å²) >= 11 is 9.66. The lowest BCUT2D eigenvalue weighted by Crippen LogP contribution is -2.07. The fourth-order valence-electron chi connectivity index (χ4n) is 7.76. The molecule has 0 amide bonds.